The minimum absolute atomic E-state index is 0.00818. The summed E-state index contributed by atoms with van der Waals surface area (Å²) in [5.41, 5.74) is -0.453. The quantitative estimate of drug-likeness (QED) is 0.614. The topological polar surface area (TPSA) is 64.6 Å². The molecule has 2 fully saturated rings. The van der Waals surface area contributed by atoms with Crippen LogP contribution in [-0.4, -0.2) is 53.9 Å². The third-order valence-corrected chi connectivity index (χ3v) is 4.36. The number of likely N-dealkylation sites (N-methyl/N-ethyl adjacent to an activating group) is 1. The number of hydrogen-bond acceptors (Lipinski definition) is 3. The molecule has 1 atom stereocenters. The van der Waals surface area contributed by atoms with Gasteiger partial charge in [-0.15, -0.1) is 0 Å². The standard InChI is InChI=1S/C14H27N3O2/c1-3-17(12-6-7-12)9-8-15-13(19)16-14(2,10-18)11-4-5-11/h11-12,18H,3-10H2,1-2H3,(H2,15,16,19). The van der Waals surface area contributed by atoms with Crippen LogP contribution in [0.5, 0.6) is 0 Å². The zero-order valence-electron chi connectivity index (χ0n) is 12.1. The van der Waals surface area contributed by atoms with Crippen LogP contribution in [-0.2, 0) is 0 Å². The van der Waals surface area contributed by atoms with Crippen LogP contribution < -0.4 is 10.6 Å². The normalized spacial score (nSPS) is 22.1. The van der Waals surface area contributed by atoms with E-state index < -0.39 is 5.54 Å². The Bertz CT molecular complexity index is 316. The molecule has 2 aliphatic carbocycles. The number of amides is 2. The number of carbonyl (C=O) groups is 1. The summed E-state index contributed by atoms with van der Waals surface area (Å²) in [5, 5.41) is 15.2. The minimum Gasteiger partial charge on any atom is -0.394 e. The second kappa shape index (κ2) is 6.09. The molecule has 0 spiro atoms. The van der Waals surface area contributed by atoms with Crippen LogP contribution >= 0.6 is 0 Å². The van der Waals surface area contributed by atoms with Gasteiger partial charge < -0.3 is 15.7 Å². The molecule has 0 aromatic rings. The molecule has 0 bridgehead atoms. The summed E-state index contributed by atoms with van der Waals surface area (Å²) in [6, 6.07) is 0.583. The molecule has 2 amide bonds. The monoisotopic (exact) mass is 269 g/mol. The van der Waals surface area contributed by atoms with Gasteiger partial charge in [0.05, 0.1) is 12.1 Å². The number of carbonyl (C=O) groups excluding carboxylic acids is 1. The second-order valence-corrected chi connectivity index (χ2v) is 6.09. The summed E-state index contributed by atoms with van der Waals surface area (Å²) in [6.45, 7) is 6.72. The van der Waals surface area contributed by atoms with Crippen LogP contribution in [0.25, 0.3) is 0 Å². The van der Waals surface area contributed by atoms with E-state index in [2.05, 4.69) is 22.5 Å². The van der Waals surface area contributed by atoms with Gasteiger partial charge in [0.2, 0.25) is 0 Å². The predicted octanol–water partition coefficient (Wildman–Crippen LogP) is 0.931. The number of nitrogens with one attached hydrogen (secondary N) is 2. The Balaban J connectivity index is 1.66. The molecule has 0 aliphatic heterocycles. The zero-order chi connectivity index (χ0) is 13.9. The van der Waals surface area contributed by atoms with Crippen LogP contribution in [0.3, 0.4) is 0 Å². The number of urea groups is 1. The van der Waals surface area contributed by atoms with Crippen molar-refractivity contribution in [2.24, 2.45) is 5.92 Å². The lowest BCUT2D eigenvalue weighted by Gasteiger charge is -2.29. The average molecular weight is 269 g/mol. The molecule has 1 unspecified atom stereocenters. The van der Waals surface area contributed by atoms with Gasteiger partial charge in [0.15, 0.2) is 0 Å². The van der Waals surface area contributed by atoms with Crippen LogP contribution in [0.2, 0.25) is 0 Å². The van der Waals surface area contributed by atoms with E-state index in [1.165, 1.54) is 12.8 Å². The van der Waals surface area contributed by atoms with Gasteiger partial charge in [-0.2, -0.15) is 0 Å². The van der Waals surface area contributed by atoms with E-state index in [9.17, 15) is 9.90 Å². The van der Waals surface area contributed by atoms with Gasteiger partial charge in [0, 0.05) is 19.1 Å². The van der Waals surface area contributed by atoms with Crippen molar-refractivity contribution in [3.8, 4) is 0 Å². The van der Waals surface area contributed by atoms with Crippen LogP contribution in [0.4, 0.5) is 4.79 Å². The third kappa shape index (κ3) is 4.08. The molecular weight excluding hydrogens is 242 g/mol. The molecule has 0 heterocycles. The Morgan fingerprint density at radius 2 is 2.05 bits per heavy atom. The van der Waals surface area contributed by atoms with E-state index in [0.29, 0.717) is 12.5 Å². The largest absolute Gasteiger partial charge is 0.394 e. The predicted molar refractivity (Wildman–Crippen MR) is 75.0 cm³/mol. The second-order valence-electron chi connectivity index (χ2n) is 6.09. The fourth-order valence-corrected chi connectivity index (χ4v) is 2.65. The molecule has 2 saturated carbocycles. The lowest BCUT2D eigenvalue weighted by Crippen LogP contribution is -2.54. The first-order chi connectivity index (χ1) is 9.09. The lowest BCUT2D eigenvalue weighted by atomic mass is 9.97. The summed E-state index contributed by atoms with van der Waals surface area (Å²) in [7, 11) is 0. The summed E-state index contributed by atoms with van der Waals surface area (Å²) in [4.78, 5) is 14.3. The Morgan fingerprint density at radius 3 is 2.53 bits per heavy atom. The summed E-state index contributed by atoms with van der Waals surface area (Å²) in [6.07, 6.45) is 4.79. The van der Waals surface area contributed by atoms with Crippen molar-refractivity contribution in [2.75, 3.05) is 26.2 Å². The van der Waals surface area contributed by atoms with Gasteiger partial charge in [0.1, 0.15) is 0 Å². The van der Waals surface area contributed by atoms with Crippen molar-refractivity contribution >= 4 is 6.03 Å². The fourth-order valence-electron chi connectivity index (χ4n) is 2.65. The first-order valence-electron chi connectivity index (χ1n) is 7.50. The highest BCUT2D eigenvalue weighted by Crippen LogP contribution is 2.39. The van der Waals surface area contributed by atoms with Gasteiger partial charge in [-0.3, -0.25) is 4.90 Å². The van der Waals surface area contributed by atoms with E-state index in [4.69, 9.17) is 0 Å². The third-order valence-electron chi connectivity index (χ3n) is 4.36. The first-order valence-corrected chi connectivity index (χ1v) is 7.50. The molecule has 2 aliphatic rings. The highest BCUT2D eigenvalue weighted by atomic mass is 16.3. The molecule has 5 heteroatoms. The van der Waals surface area contributed by atoms with Gasteiger partial charge in [-0.25, -0.2) is 4.79 Å². The van der Waals surface area contributed by atoms with Crippen molar-refractivity contribution in [1.29, 1.82) is 0 Å². The maximum absolute atomic E-state index is 11.9. The molecule has 110 valence electrons. The van der Waals surface area contributed by atoms with E-state index in [1.54, 1.807) is 0 Å². The van der Waals surface area contributed by atoms with Crippen molar-refractivity contribution in [1.82, 2.24) is 15.5 Å². The summed E-state index contributed by atoms with van der Waals surface area (Å²) in [5.74, 6) is 0.432. The highest BCUT2D eigenvalue weighted by molar-refractivity contribution is 5.74. The molecule has 5 nitrogen and oxygen atoms in total. The Hall–Kier alpha value is -0.810. The van der Waals surface area contributed by atoms with Crippen LogP contribution in [0, 0.1) is 5.92 Å². The summed E-state index contributed by atoms with van der Waals surface area (Å²) < 4.78 is 0. The number of hydrogen-bond donors (Lipinski definition) is 3. The maximum atomic E-state index is 11.9. The molecule has 19 heavy (non-hydrogen) atoms. The molecule has 0 aromatic carbocycles. The first kappa shape index (κ1) is 14.6. The van der Waals surface area contributed by atoms with Gasteiger partial charge in [0.25, 0.3) is 0 Å². The molecule has 0 radical (unpaired) electrons. The molecule has 0 saturated heterocycles. The van der Waals surface area contributed by atoms with Gasteiger partial charge >= 0.3 is 6.03 Å². The highest BCUT2D eigenvalue weighted by Gasteiger charge is 2.42. The van der Waals surface area contributed by atoms with E-state index in [1.807, 2.05) is 6.92 Å². The Kier molecular flexibility index (Phi) is 4.68. The van der Waals surface area contributed by atoms with E-state index >= 15 is 0 Å². The number of aliphatic hydroxyl groups is 1. The van der Waals surface area contributed by atoms with Crippen molar-refractivity contribution in [3.05, 3.63) is 0 Å². The van der Waals surface area contributed by atoms with Crippen LogP contribution in [0.15, 0.2) is 0 Å². The maximum Gasteiger partial charge on any atom is 0.315 e. The molecular formula is C14H27N3O2. The van der Waals surface area contributed by atoms with Crippen molar-refractivity contribution < 1.29 is 9.90 Å². The smallest absolute Gasteiger partial charge is 0.315 e. The lowest BCUT2D eigenvalue weighted by molar-refractivity contribution is 0.154. The molecule has 3 N–H and O–H groups in total. The zero-order valence-corrected chi connectivity index (χ0v) is 12.1. The minimum atomic E-state index is -0.453. The van der Waals surface area contributed by atoms with E-state index in [-0.39, 0.29) is 12.6 Å². The fraction of sp³-hybridized carbons (Fsp3) is 0.929. The van der Waals surface area contributed by atoms with Gasteiger partial charge in [-0.1, -0.05) is 6.92 Å². The van der Waals surface area contributed by atoms with E-state index in [0.717, 1.165) is 32.0 Å². The number of nitrogens with zero attached hydrogens (tertiary/aromatic N) is 1. The van der Waals surface area contributed by atoms with Crippen molar-refractivity contribution in [2.45, 2.75) is 51.1 Å². The summed E-state index contributed by atoms with van der Waals surface area (Å²) >= 11 is 0. The Morgan fingerprint density at radius 1 is 1.37 bits per heavy atom. The number of aliphatic hydroxyl groups excluding tert-OH is 1. The Labute approximate surface area is 115 Å². The average Bonchev–Trinajstić information content (AvgIpc) is 3.26. The van der Waals surface area contributed by atoms with Crippen molar-refractivity contribution in [3.63, 3.8) is 0 Å². The van der Waals surface area contributed by atoms with Crippen LogP contribution in [0.1, 0.15) is 39.5 Å². The molecule has 2 rings (SSSR count). The number of rotatable bonds is 8. The van der Waals surface area contributed by atoms with Gasteiger partial charge in [-0.05, 0) is 45.1 Å². The SMILES string of the molecule is CCN(CCNC(=O)NC(C)(CO)C1CC1)C1CC1. The molecule has 0 aromatic heterocycles.